The van der Waals surface area contributed by atoms with Crippen LogP contribution < -0.4 is 10.6 Å². The monoisotopic (exact) mass is 276 g/mol. The Hall–Kier alpha value is -1.39. The van der Waals surface area contributed by atoms with Gasteiger partial charge in [0.15, 0.2) is 0 Å². The van der Waals surface area contributed by atoms with Gasteiger partial charge in [0.1, 0.15) is 0 Å². The molecule has 0 fully saturated rings. The van der Waals surface area contributed by atoms with E-state index >= 15 is 0 Å². The quantitative estimate of drug-likeness (QED) is 0.862. The van der Waals surface area contributed by atoms with Gasteiger partial charge in [-0.05, 0) is 38.3 Å². The largest absolute Gasteiger partial charge is 0.372 e. The number of amides is 1. The maximum Gasteiger partial charge on any atom is 0.237 e. The molecule has 1 aromatic rings. The van der Waals surface area contributed by atoms with Gasteiger partial charge in [-0.2, -0.15) is 0 Å². The van der Waals surface area contributed by atoms with Crippen LogP contribution in [0.25, 0.3) is 0 Å². The fraction of sp³-hybridized carbons (Fsp3) is 0.562. The smallest absolute Gasteiger partial charge is 0.237 e. The average molecular weight is 276 g/mol. The molecule has 0 radical (unpaired) electrons. The zero-order valence-corrected chi connectivity index (χ0v) is 12.5. The van der Waals surface area contributed by atoms with Gasteiger partial charge < -0.3 is 15.4 Å². The maximum absolute atomic E-state index is 11.9. The fourth-order valence-corrected chi connectivity index (χ4v) is 2.43. The first kappa shape index (κ1) is 15.0. The number of fused-ring (bicyclic) bond motifs is 1. The Kier molecular flexibility index (Phi) is 5.15. The normalized spacial score (nSPS) is 19.5. The molecule has 4 nitrogen and oxygen atoms in total. The highest BCUT2D eigenvalue weighted by atomic mass is 16.5. The molecule has 0 aliphatic carbocycles. The first-order chi connectivity index (χ1) is 9.58. The van der Waals surface area contributed by atoms with E-state index in [9.17, 15) is 4.79 Å². The summed E-state index contributed by atoms with van der Waals surface area (Å²) in [4.78, 5) is 11.9. The lowest BCUT2D eigenvalue weighted by atomic mass is 9.97. The number of hydrogen-bond donors (Lipinski definition) is 2. The highest BCUT2D eigenvalue weighted by Gasteiger charge is 2.22. The van der Waals surface area contributed by atoms with Crippen molar-refractivity contribution in [1.29, 1.82) is 0 Å². The van der Waals surface area contributed by atoms with Crippen molar-refractivity contribution in [3.8, 4) is 0 Å². The van der Waals surface area contributed by atoms with E-state index in [1.54, 1.807) is 0 Å². The molecule has 1 aliphatic heterocycles. The van der Waals surface area contributed by atoms with Crippen molar-refractivity contribution >= 4 is 5.91 Å². The summed E-state index contributed by atoms with van der Waals surface area (Å²) in [6.45, 7) is 7.21. The molecular weight excluding hydrogens is 252 g/mol. The fourth-order valence-electron chi connectivity index (χ4n) is 2.43. The Morgan fingerprint density at radius 2 is 2.10 bits per heavy atom. The van der Waals surface area contributed by atoms with E-state index in [2.05, 4.69) is 28.8 Å². The molecule has 20 heavy (non-hydrogen) atoms. The third-order valence-electron chi connectivity index (χ3n) is 3.53. The van der Waals surface area contributed by atoms with Crippen LogP contribution in [0.15, 0.2) is 24.3 Å². The van der Waals surface area contributed by atoms with Crippen molar-refractivity contribution < 1.29 is 9.53 Å². The van der Waals surface area contributed by atoms with Crippen LogP contribution in [0.2, 0.25) is 0 Å². The summed E-state index contributed by atoms with van der Waals surface area (Å²) in [6, 6.07) is 8.32. The number of nitrogens with one attached hydrogen (secondary N) is 2. The van der Waals surface area contributed by atoms with Crippen molar-refractivity contribution in [2.45, 2.75) is 45.4 Å². The van der Waals surface area contributed by atoms with Crippen molar-refractivity contribution in [1.82, 2.24) is 10.6 Å². The predicted octanol–water partition coefficient (Wildman–Crippen LogP) is 1.80. The van der Waals surface area contributed by atoms with Crippen molar-refractivity contribution in [3.05, 3.63) is 35.4 Å². The lowest BCUT2D eigenvalue weighted by Crippen LogP contribution is -2.46. The van der Waals surface area contributed by atoms with E-state index in [-0.39, 0.29) is 24.1 Å². The van der Waals surface area contributed by atoms with Crippen molar-refractivity contribution in [2.24, 2.45) is 0 Å². The first-order valence-electron chi connectivity index (χ1n) is 7.31. The molecular formula is C16H24N2O2. The number of ether oxygens (including phenoxy) is 1. The Morgan fingerprint density at radius 1 is 1.35 bits per heavy atom. The summed E-state index contributed by atoms with van der Waals surface area (Å²) in [5.74, 6) is 0.0316. The van der Waals surface area contributed by atoms with Gasteiger partial charge in [0.2, 0.25) is 5.91 Å². The van der Waals surface area contributed by atoms with Gasteiger partial charge in [0.25, 0.3) is 0 Å². The molecule has 110 valence electrons. The van der Waals surface area contributed by atoms with E-state index < -0.39 is 0 Å². The number of carbonyl (C=O) groups is 1. The number of carbonyl (C=O) groups excluding carboxylic acids is 1. The minimum Gasteiger partial charge on any atom is -0.372 e. The number of hydrogen-bond acceptors (Lipinski definition) is 3. The zero-order chi connectivity index (χ0) is 14.5. The second kappa shape index (κ2) is 6.86. The summed E-state index contributed by atoms with van der Waals surface area (Å²) in [5.41, 5.74) is 2.59. The molecule has 4 heteroatoms. The van der Waals surface area contributed by atoms with Gasteiger partial charge in [0.05, 0.1) is 18.8 Å². The van der Waals surface area contributed by atoms with Gasteiger partial charge in [-0.3, -0.25) is 4.79 Å². The molecule has 2 atom stereocenters. The molecule has 0 saturated heterocycles. The van der Waals surface area contributed by atoms with E-state index in [1.165, 1.54) is 11.1 Å². The lowest BCUT2D eigenvalue weighted by Gasteiger charge is -2.27. The molecule has 0 aromatic heterocycles. The molecule has 0 saturated carbocycles. The minimum absolute atomic E-state index is 0.0316. The SMILES string of the molecule is CC(C)NC(=O)C(C)NCC1OCCc2ccccc21. The van der Waals surface area contributed by atoms with Crippen LogP contribution in [0.3, 0.4) is 0 Å². The second-order valence-corrected chi connectivity index (χ2v) is 5.60. The van der Waals surface area contributed by atoms with Crippen LogP contribution in [0.4, 0.5) is 0 Å². The molecule has 1 heterocycles. The maximum atomic E-state index is 11.9. The number of benzene rings is 1. The van der Waals surface area contributed by atoms with E-state index in [4.69, 9.17) is 4.74 Å². The average Bonchev–Trinajstić information content (AvgIpc) is 2.44. The van der Waals surface area contributed by atoms with Gasteiger partial charge in [-0.25, -0.2) is 0 Å². The Labute approximate surface area is 120 Å². The topological polar surface area (TPSA) is 50.4 Å². The summed E-state index contributed by atoms with van der Waals surface area (Å²) in [6.07, 6.45) is 1.00. The summed E-state index contributed by atoms with van der Waals surface area (Å²) in [5, 5.41) is 6.17. The predicted molar refractivity (Wildman–Crippen MR) is 79.6 cm³/mol. The highest BCUT2D eigenvalue weighted by Crippen LogP contribution is 2.26. The zero-order valence-electron chi connectivity index (χ0n) is 12.5. The summed E-state index contributed by atoms with van der Waals surface area (Å²) in [7, 11) is 0. The van der Waals surface area contributed by atoms with Crippen LogP contribution in [-0.4, -0.2) is 31.1 Å². The Bertz CT molecular complexity index is 460. The summed E-state index contributed by atoms with van der Waals surface area (Å²) >= 11 is 0. The van der Waals surface area contributed by atoms with Crippen LogP contribution >= 0.6 is 0 Å². The molecule has 1 aliphatic rings. The van der Waals surface area contributed by atoms with E-state index in [0.29, 0.717) is 6.54 Å². The van der Waals surface area contributed by atoms with Crippen LogP contribution in [0.1, 0.15) is 38.0 Å². The molecule has 0 bridgehead atoms. The van der Waals surface area contributed by atoms with Crippen LogP contribution in [-0.2, 0) is 16.0 Å². The Balaban J connectivity index is 1.90. The van der Waals surface area contributed by atoms with Gasteiger partial charge in [-0.15, -0.1) is 0 Å². The second-order valence-electron chi connectivity index (χ2n) is 5.60. The highest BCUT2D eigenvalue weighted by molar-refractivity contribution is 5.81. The minimum atomic E-state index is -0.213. The summed E-state index contributed by atoms with van der Waals surface area (Å²) < 4.78 is 5.82. The molecule has 2 N–H and O–H groups in total. The van der Waals surface area contributed by atoms with Gasteiger partial charge in [0, 0.05) is 12.6 Å². The van der Waals surface area contributed by atoms with Crippen molar-refractivity contribution in [2.75, 3.05) is 13.2 Å². The first-order valence-corrected chi connectivity index (χ1v) is 7.31. The van der Waals surface area contributed by atoms with Crippen LogP contribution in [0.5, 0.6) is 0 Å². The molecule has 1 aromatic carbocycles. The van der Waals surface area contributed by atoms with Crippen LogP contribution in [0, 0.1) is 0 Å². The molecule has 1 amide bonds. The molecule has 2 rings (SSSR count). The third kappa shape index (κ3) is 3.81. The van der Waals surface area contributed by atoms with E-state index in [0.717, 1.165) is 13.0 Å². The Morgan fingerprint density at radius 3 is 2.85 bits per heavy atom. The standard InChI is InChI=1S/C16H24N2O2/c1-11(2)18-16(19)12(3)17-10-15-14-7-5-4-6-13(14)8-9-20-15/h4-7,11-12,15,17H,8-10H2,1-3H3,(H,18,19). The van der Waals surface area contributed by atoms with Gasteiger partial charge >= 0.3 is 0 Å². The molecule has 2 unspecified atom stereocenters. The van der Waals surface area contributed by atoms with Gasteiger partial charge in [-0.1, -0.05) is 24.3 Å². The van der Waals surface area contributed by atoms with E-state index in [1.807, 2.05) is 26.8 Å². The van der Waals surface area contributed by atoms with Crippen molar-refractivity contribution in [3.63, 3.8) is 0 Å². The molecule has 0 spiro atoms. The third-order valence-corrected chi connectivity index (χ3v) is 3.53. The lowest BCUT2D eigenvalue weighted by molar-refractivity contribution is -0.123. The number of rotatable bonds is 5.